The van der Waals surface area contributed by atoms with E-state index in [1.165, 1.54) is 12.1 Å². The minimum absolute atomic E-state index is 0.0467. The normalized spacial score (nSPS) is 13.3. The molecule has 6 nitrogen and oxygen atoms in total. The molecule has 0 amide bonds. The fourth-order valence-electron chi connectivity index (χ4n) is 2.61. The summed E-state index contributed by atoms with van der Waals surface area (Å²) in [5, 5.41) is 18.5. The van der Waals surface area contributed by atoms with Gasteiger partial charge in [0.05, 0.1) is 12.0 Å². The summed E-state index contributed by atoms with van der Waals surface area (Å²) in [6.07, 6.45) is -0.195. The molecule has 0 saturated heterocycles. The van der Waals surface area contributed by atoms with Crippen LogP contribution >= 0.6 is 0 Å². The zero-order valence-electron chi connectivity index (χ0n) is 12.6. The van der Waals surface area contributed by atoms with E-state index in [-0.39, 0.29) is 17.7 Å². The minimum Gasteiger partial charge on any atom is -0.481 e. The van der Waals surface area contributed by atoms with Crippen molar-refractivity contribution < 1.29 is 19.8 Å². The lowest BCUT2D eigenvalue weighted by atomic mass is 9.73. The van der Waals surface area contributed by atoms with Gasteiger partial charge in [0, 0.05) is 16.8 Å². The third-order valence-corrected chi connectivity index (χ3v) is 3.97. The van der Waals surface area contributed by atoms with Crippen molar-refractivity contribution in [3.05, 3.63) is 59.2 Å². The highest BCUT2D eigenvalue weighted by Gasteiger charge is 2.32. The van der Waals surface area contributed by atoms with Crippen LogP contribution in [0.2, 0.25) is 0 Å². The maximum Gasteiger partial charge on any atom is 0.337 e. The fraction of sp³-hybridized carbons (Fsp3) is 0.176. The third kappa shape index (κ3) is 3.26. The maximum atomic E-state index is 11.3. The Morgan fingerprint density at radius 1 is 1.00 bits per heavy atom. The van der Waals surface area contributed by atoms with E-state index in [2.05, 4.69) is 0 Å². The van der Waals surface area contributed by atoms with Crippen LogP contribution in [0.25, 0.3) is 0 Å². The Kier molecular flexibility index (Phi) is 4.27. The average molecular weight is 314 g/mol. The molecule has 2 rings (SSSR count). The second kappa shape index (κ2) is 6.00. The Balaban J connectivity index is 2.63. The van der Waals surface area contributed by atoms with Gasteiger partial charge >= 0.3 is 11.9 Å². The maximum absolute atomic E-state index is 11.3. The highest BCUT2D eigenvalue weighted by Crippen LogP contribution is 2.37. The van der Waals surface area contributed by atoms with E-state index in [0.29, 0.717) is 11.3 Å². The van der Waals surface area contributed by atoms with Gasteiger partial charge in [-0.2, -0.15) is 0 Å². The minimum atomic E-state index is -1.15. The quantitative estimate of drug-likeness (QED) is 0.627. The molecular formula is C17H18N2O4. The summed E-state index contributed by atoms with van der Waals surface area (Å²) in [5.41, 5.74) is 12.4. The molecule has 6 N–H and O–H groups in total. The van der Waals surface area contributed by atoms with Crippen molar-refractivity contribution in [3.63, 3.8) is 0 Å². The molecule has 6 heteroatoms. The highest BCUT2D eigenvalue weighted by molar-refractivity contribution is 5.94. The molecule has 0 aliphatic rings. The van der Waals surface area contributed by atoms with Crippen molar-refractivity contribution in [2.45, 2.75) is 18.8 Å². The third-order valence-electron chi connectivity index (χ3n) is 3.97. The van der Waals surface area contributed by atoms with Gasteiger partial charge in [0.25, 0.3) is 0 Å². The number of rotatable bonds is 5. The number of nitrogen functional groups attached to an aromatic ring is 2. The first-order valence-electron chi connectivity index (χ1n) is 6.95. The van der Waals surface area contributed by atoms with Crippen LogP contribution in [0.1, 0.15) is 34.8 Å². The van der Waals surface area contributed by atoms with Gasteiger partial charge in [0.1, 0.15) is 0 Å². The predicted molar refractivity (Wildman–Crippen MR) is 87.4 cm³/mol. The van der Waals surface area contributed by atoms with Crippen LogP contribution in [0.15, 0.2) is 42.5 Å². The number of carboxylic acids is 2. The van der Waals surface area contributed by atoms with Gasteiger partial charge in [0.2, 0.25) is 0 Å². The monoisotopic (exact) mass is 314 g/mol. The summed E-state index contributed by atoms with van der Waals surface area (Å²) in [6.45, 7) is 1.75. The van der Waals surface area contributed by atoms with Crippen LogP contribution in [0.3, 0.4) is 0 Å². The Morgan fingerprint density at radius 3 is 2.09 bits per heavy atom. The molecule has 0 heterocycles. The smallest absolute Gasteiger partial charge is 0.337 e. The van der Waals surface area contributed by atoms with E-state index >= 15 is 0 Å². The van der Waals surface area contributed by atoms with Crippen molar-refractivity contribution >= 4 is 23.3 Å². The summed E-state index contributed by atoms with van der Waals surface area (Å²) >= 11 is 0. The van der Waals surface area contributed by atoms with Gasteiger partial charge in [-0.05, 0) is 35.4 Å². The van der Waals surface area contributed by atoms with E-state index < -0.39 is 17.4 Å². The number of anilines is 2. The van der Waals surface area contributed by atoms with E-state index in [0.717, 1.165) is 5.56 Å². The van der Waals surface area contributed by atoms with E-state index in [9.17, 15) is 19.8 Å². The topological polar surface area (TPSA) is 127 Å². The van der Waals surface area contributed by atoms with Crippen LogP contribution in [0, 0.1) is 0 Å². The molecule has 1 unspecified atom stereocenters. The summed E-state index contributed by atoms with van der Waals surface area (Å²) in [4.78, 5) is 22.6. The average Bonchev–Trinajstić information content (AvgIpc) is 2.47. The molecule has 2 aromatic carbocycles. The van der Waals surface area contributed by atoms with E-state index in [1.807, 2.05) is 0 Å². The predicted octanol–water partition coefficient (Wildman–Crippen LogP) is 2.33. The number of benzene rings is 2. The summed E-state index contributed by atoms with van der Waals surface area (Å²) in [6, 6.07) is 11.4. The van der Waals surface area contributed by atoms with Crippen LogP contribution in [-0.4, -0.2) is 22.2 Å². The van der Waals surface area contributed by atoms with Crippen LogP contribution < -0.4 is 11.5 Å². The number of carboxylic acid groups (broad SMARTS) is 2. The molecule has 0 aromatic heterocycles. The standard InChI is InChI=1S/C17H18N2O4/c1-17(9-15(20)21,10-2-5-12(18)6-3-10)11-4-7-14(19)13(8-11)16(22)23/h2-8H,9,18-19H2,1H3,(H,20,21)(H,22,23). The molecule has 1 atom stereocenters. The SMILES string of the molecule is CC(CC(=O)O)(c1ccc(N)cc1)c1ccc(N)c(C(=O)O)c1. The number of hydrogen-bond donors (Lipinski definition) is 4. The van der Waals surface area contributed by atoms with Gasteiger partial charge in [0.15, 0.2) is 0 Å². The van der Waals surface area contributed by atoms with Gasteiger partial charge < -0.3 is 21.7 Å². The van der Waals surface area contributed by atoms with E-state index in [1.54, 1.807) is 37.3 Å². The molecule has 0 radical (unpaired) electrons. The Morgan fingerprint density at radius 2 is 1.57 bits per heavy atom. The molecule has 0 aliphatic heterocycles. The number of hydrogen-bond acceptors (Lipinski definition) is 4. The molecular weight excluding hydrogens is 296 g/mol. The van der Waals surface area contributed by atoms with Gasteiger partial charge in [-0.1, -0.05) is 25.1 Å². The number of aliphatic carboxylic acids is 1. The van der Waals surface area contributed by atoms with Crippen molar-refractivity contribution in [1.29, 1.82) is 0 Å². The Labute approximate surface area is 133 Å². The fourth-order valence-corrected chi connectivity index (χ4v) is 2.61. The molecule has 0 fully saturated rings. The largest absolute Gasteiger partial charge is 0.481 e. The summed E-state index contributed by atoms with van der Waals surface area (Å²) in [7, 11) is 0. The first-order chi connectivity index (χ1) is 10.7. The first-order valence-corrected chi connectivity index (χ1v) is 6.95. The zero-order chi connectivity index (χ0) is 17.2. The number of nitrogens with two attached hydrogens (primary N) is 2. The van der Waals surface area contributed by atoms with Crippen molar-refractivity contribution in [1.82, 2.24) is 0 Å². The highest BCUT2D eigenvalue weighted by atomic mass is 16.4. The van der Waals surface area contributed by atoms with Gasteiger partial charge in [-0.15, -0.1) is 0 Å². The van der Waals surface area contributed by atoms with Crippen LogP contribution in [0.4, 0.5) is 11.4 Å². The molecule has 120 valence electrons. The molecule has 2 aromatic rings. The Bertz CT molecular complexity index is 756. The second-order valence-electron chi connectivity index (χ2n) is 5.63. The van der Waals surface area contributed by atoms with Gasteiger partial charge in [-0.25, -0.2) is 4.79 Å². The lowest BCUT2D eigenvalue weighted by Crippen LogP contribution is -2.27. The number of carbonyl (C=O) groups is 2. The lowest BCUT2D eigenvalue weighted by Gasteiger charge is -2.30. The van der Waals surface area contributed by atoms with Crippen LogP contribution in [0.5, 0.6) is 0 Å². The lowest BCUT2D eigenvalue weighted by molar-refractivity contribution is -0.138. The first kappa shape index (κ1) is 16.4. The van der Waals surface area contributed by atoms with Gasteiger partial charge in [-0.3, -0.25) is 4.79 Å². The van der Waals surface area contributed by atoms with E-state index in [4.69, 9.17) is 11.5 Å². The molecule has 23 heavy (non-hydrogen) atoms. The zero-order valence-corrected chi connectivity index (χ0v) is 12.6. The van der Waals surface area contributed by atoms with Crippen molar-refractivity contribution in [2.75, 3.05) is 11.5 Å². The van der Waals surface area contributed by atoms with Crippen molar-refractivity contribution in [3.8, 4) is 0 Å². The number of aromatic carboxylic acids is 1. The summed E-state index contributed by atoms with van der Waals surface area (Å²) < 4.78 is 0. The summed E-state index contributed by atoms with van der Waals surface area (Å²) in [5.74, 6) is -2.14. The van der Waals surface area contributed by atoms with Crippen molar-refractivity contribution in [2.24, 2.45) is 0 Å². The molecule has 0 saturated carbocycles. The Hall–Kier alpha value is -3.02. The second-order valence-corrected chi connectivity index (χ2v) is 5.63. The molecule has 0 bridgehead atoms. The molecule has 0 spiro atoms. The van der Waals surface area contributed by atoms with Crippen LogP contribution in [-0.2, 0) is 10.2 Å². The molecule has 0 aliphatic carbocycles.